The number of benzene rings is 1. The largest absolute Gasteiger partial charge is 0.410 e. The van der Waals surface area contributed by atoms with Crippen LogP contribution in [0.4, 0.5) is 10.5 Å². The Morgan fingerprint density at radius 3 is 2.08 bits per heavy atom. The standard InChI is InChI=1S/C36H49N7O5/c1-18(2)27-17-43(35(47)39-27)36(34(46)41-30(22-8-9-22)23-10-11-23)15-24-12-13-26(14-25(24)16-36)38-33(45)31(28(20-4-5-20)21-6-7-21)40-32(44)29(42-48)19(3)37/h12-14,18,20-23,27-28,30-31,37,48H,4-11,15-17H2,1-3H3,(H,38,45)(H,39,47)(H,40,44)(H,41,46)/b37-19?,42-29+/t27-,31-,36?/m0/s1. The van der Waals surface area contributed by atoms with E-state index in [0.29, 0.717) is 48.7 Å². The van der Waals surface area contributed by atoms with Gasteiger partial charge in [-0.25, -0.2) is 4.79 Å². The summed E-state index contributed by atoms with van der Waals surface area (Å²) in [7, 11) is 0. The van der Waals surface area contributed by atoms with E-state index in [1.54, 1.807) is 4.90 Å². The molecule has 1 aromatic rings. The van der Waals surface area contributed by atoms with Crippen LogP contribution in [0.25, 0.3) is 0 Å². The first-order valence-electron chi connectivity index (χ1n) is 17.9. The summed E-state index contributed by atoms with van der Waals surface area (Å²) in [5.74, 6) is 0.692. The Balaban J connectivity index is 1.13. The molecule has 0 radical (unpaired) electrons. The van der Waals surface area contributed by atoms with E-state index in [1.165, 1.54) is 6.92 Å². The Labute approximate surface area is 281 Å². The highest BCUT2D eigenvalue weighted by Gasteiger charge is 2.55. The number of carbonyl (C=O) groups is 4. The Morgan fingerprint density at radius 2 is 1.56 bits per heavy atom. The molecule has 48 heavy (non-hydrogen) atoms. The molecular weight excluding hydrogens is 610 g/mol. The second kappa shape index (κ2) is 12.5. The molecule has 0 aromatic heterocycles. The smallest absolute Gasteiger partial charge is 0.318 e. The number of oxime groups is 1. The van der Waals surface area contributed by atoms with Crippen LogP contribution < -0.4 is 21.3 Å². The molecule has 3 atom stereocenters. The van der Waals surface area contributed by atoms with Gasteiger partial charge in [0.1, 0.15) is 11.6 Å². The van der Waals surface area contributed by atoms with Crippen molar-refractivity contribution in [2.24, 2.45) is 40.7 Å². The van der Waals surface area contributed by atoms with Gasteiger partial charge in [0.25, 0.3) is 5.91 Å². The van der Waals surface area contributed by atoms with Gasteiger partial charge < -0.3 is 36.8 Å². The summed E-state index contributed by atoms with van der Waals surface area (Å²) in [6.45, 7) is 5.97. The molecule has 4 saturated carbocycles. The normalized spacial score (nSPS) is 26.0. The lowest BCUT2D eigenvalue weighted by atomic mass is 9.88. The molecule has 12 heteroatoms. The summed E-state index contributed by atoms with van der Waals surface area (Å²) in [5, 5.41) is 32.6. The van der Waals surface area contributed by atoms with E-state index in [0.717, 1.165) is 62.5 Å². The van der Waals surface area contributed by atoms with Gasteiger partial charge in [0.2, 0.25) is 11.8 Å². The molecule has 258 valence electrons. The maximum Gasteiger partial charge on any atom is 0.318 e. The van der Waals surface area contributed by atoms with E-state index in [4.69, 9.17) is 5.41 Å². The quantitative estimate of drug-likeness (QED) is 0.101. The van der Waals surface area contributed by atoms with Crippen molar-refractivity contribution in [3.05, 3.63) is 29.3 Å². The minimum atomic E-state index is -1.06. The Kier molecular flexibility index (Phi) is 8.48. The van der Waals surface area contributed by atoms with Gasteiger partial charge >= 0.3 is 6.03 Å². The maximum absolute atomic E-state index is 14.4. The lowest BCUT2D eigenvalue weighted by molar-refractivity contribution is -0.132. The molecule has 1 aliphatic heterocycles. The topological polar surface area (TPSA) is 176 Å². The van der Waals surface area contributed by atoms with Gasteiger partial charge in [0.15, 0.2) is 5.71 Å². The lowest BCUT2D eigenvalue weighted by Gasteiger charge is -2.38. The minimum Gasteiger partial charge on any atom is -0.410 e. The van der Waals surface area contributed by atoms with Crippen LogP contribution in [0.2, 0.25) is 0 Å². The number of urea groups is 1. The molecule has 0 bridgehead atoms. The summed E-state index contributed by atoms with van der Waals surface area (Å²) in [6.07, 6.45) is 9.28. The summed E-state index contributed by atoms with van der Waals surface area (Å²) >= 11 is 0. The maximum atomic E-state index is 14.4. The summed E-state index contributed by atoms with van der Waals surface area (Å²) < 4.78 is 0. The van der Waals surface area contributed by atoms with E-state index in [2.05, 4.69) is 40.3 Å². The van der Waals surface area contributed by atoms with E-state index in [9.17, 15) is 24.4 Å². The Bertz CT molecular complexity index is 1520. The molecule has 5 amide bonds. The zero-order chi connectivity index (χ0) is 33.9. The summed E-state index contributed by atoms with van der Waals surface area (Å²) in [6, 6.07) is 4.71. The zero-order valence-electron chi connectivity index (χ0n) is 28.2. The number of rotatable bonds is 14. The number of nitrogens with zero attached hydrogens (tertiary/aromatic N) is 2. The SMILES string of the molecule is CC(=N)/C(=N\O)C(=O)N[C@H](C(=O)Nc1ccc2c(c1)CC(C(=O)NC(C1CC1)C1CC1)(N1C[C@@H](C(C)C)NC1=O)C2)C(C1CC1)C1CC1. The Hall–Kier alpha value is -3.96. The molecule has 1 unspecified atom stereocenters. The molecule has 7 rings (SSSR count). The zero-order valence-corrected chi connectivity index (χ0v) is 28.2. The van der Waals surface area contributed by atoms with Gasteiger partial charge in [-0.15, -0.1) is 0 Å². The predicted molar refractivity (Wildman–Crippen MR) is 180 cm³/mol. The first-order chi connectivity index (χ1) is 23.0. The highest BCUT2D eigenvalue weighted by molar-refractivity contribution is 6.65. The van der Waals surface area contributed by atoms with Crippen molar-refractivity contribution < 1.29 is 24.4 Å². The van der Waals surface area contributed by atoms with Gasteiger partial charge in [0, 0.05) is 31.1 Å². The van der Waals surface area contributed by atoms with Crippen molar-refractivity contribution in [2.45, 2.75) is 109 Å². The Morgan fingerprint density at radius 1 is 0.958 bits per heavy atom. The van der Waals surface area contributed by atoms with Crippen molar-refractivity contribution >= 4 is 40.9 Å². The fraction of sp³-hybridized carbons (Fsp3) is 0.667. The van der Waals surface area contributed by atoms with Crippen LogP contribution in [0.5, 0.6) is 0 Å². The molecule has 1 aromatic carbocycles. The van der Waals surface area contributed by atoms with Gasteiger partial charge in [-0.3, -0.25) is 14.4 Å². The highest BCUT2D eigenvalue weighted by Crippen LogP contribution is 2.51. The third-order valence-corrected chi connectivity index (χ3v) is 11.6. The van der Waals surface area contributed by atoms with E-state index < -0.39 is 23.2 Å². The van der Waals surface area contributed by atoms with E-state index in [-0.39, 0.29) is 47.5 Å². The molecule has 1 heterocycles. The number of nitrogens with one attached hydrogen (secondary N) is 5. The van der Waals surface area contributed by atoms with Crippen molar-refractivity contribution in [3.63, 3.8) is 0 Å². The molecule has 12 nitrogen and oxygen atoms in total. The van der Waals surface area contributed by atoms with E-state index >= 15 is 0 Å². The number of amides is 5. The molecule has 5 aliphatic carbocycles. The van der Waals surface area contributed by atoms with Crippen molar-refractivity contribution in [2.75, 3.05) is 11.9 Å². The van der Waals surface area contributed by atoms with Crippen LogP contribution in [0, 0.1) is 40.9 Å². The van der Waals surface area contributed by atoms with Gasteiger partial charge in [-0.05, 0) is 117 Å². The molecule has 1 saturated heterocycles. The number of hydrogen-bond acceptors (Lipinski definition) is 7. The minimum absolute atomic E-state index is 0.0424. The number of fused-ring (bicyclic) bond motifs is 1. The van der Waals surface area contributed by atoms with Crippen LogP contribution in [0.3, 0.4) is 0 Å². The third-order valence-electron chi connectivity index (χ3n) is 11.6. The van der Waals surface area contributed by atoms with Crippen LogP contribution >= 0.6 is 0 Å². The fourth-order valence-corrected chi connectivity index (χ4v) is 8.28. The summed E-state index contributed by atoms with van der Waals surface area (Å²) in [5.41, 5.74) is 0.767. The van der Waals surface area contributed by atoms with Gasteiger partial charge in [0.05, 0.1) is 11.8 Å². The average molecular weight is 660 g/mol. The first kappa shape index (κ1) is 32.6. The lowest BCUT2D eigenvalue weighted by Crippen LogP contribution is -2.62. The van der Waals surface area contributed by atoms with Crippen LogP contribution in [0.15, 0.2) is 23.4 Å². The van der Waals surface area contributed by atoms with Crippen LogP contribution in [-0.4, -0.2) is 75.5 Å². The van der Waals surface area contributed by atoms with Gasteiger partial charge in [-0.2, -0.15) is 0 Å². The number of anilines is 1. The van der Waals surface area contributed by atoms with E-state index in [1.807, 2.05) is 18.2 Å². The van der Waals surface area contributed by atoms with Crippen LogP contribution in [-0.2, 0) is 27.2 Å². The number of carbonyl (C=O) groups excluding carboxylic acids is 4. The molecule has 6 aliphatic rings. The second-order valence-corrected chi connectivity index (χ2v) is 15.7. The van der Waals surface area contributed by atoms with Crippen molar-refractivity contribution in [3.8, 4) is 0 Å². The van der Waals surface area contributed by atoms with Crippen LogP contribution in [0.1, 0.15) is 83.3 Å². The van der Waals surface area contributed by atoms with Gasteiger partial charge in [-0.1, -0.05) is 25.1 Å². The fourth-order valence-electron chi connectivity index (χ4n) is 8.28. The van der Waals surface area contributed by atoms with Crippen molar-refractivity contribution in [1.82, 2.24) is 20.9 Å². The molecule has 5 fully saturated rings. The number of hydrogen-bond donors (Lipinski definition) is 6. The third kappa shape index (κ3) is 6.42. The summed E-state index contributed by atoms with van der Waals surface area (Å²) in [4.78, 5) is 56.7. The molecule has 6 N–H and O–H groups in total. The van der Waals surface area contributed by atoms with Crippen molar-refractivity contribution in [1.29, 1.82) is 5.41 Å². The first-order valence-corrected chi connectivity index (χ1v) is 17.9. The predicted octanol–water partition coefficient (Wildman–Crippen LogP) is 3.61. The molecule has 0 spiro atoms. The molecular formula is C36H49N7O5. The monoisotopic (exact) mass is 659 g/mol. The average Bonchev–Trinajstić information content (AvgIpc) is 3.85. The highest BCUT2D eigenvalue weighted by atomic mass is 16.4. The second-order valence-electron chi connectivity index (χ2n) is 15.7.